The van der Waals surface area contributed by atoms with Gasteiger partial charge in [0.2, 0.25) is 0 Å². The molecule has 1 atom stereocenters. The van der Waals surface area contributed by atoms with Crippen molar-refractivity contribution in [2.75, 3.05) is 13.2 Å². The van der Waals surface area contributed by atoms with Gasteiger partial charge in [-0.15, -0.1) is 0 Å². The van der Waals surface area contributed by atoms with E-state index in [-0.39, 0.29) is 6.10 Å². The maximum Gasteiger partial charge on any atom is 0.0766 e. The van der Waals surface area contributed by atoms with Crippen LogP contribution in [0.25, 0.3) is 0 Å². The number of aliphatic hydroxyl groups is 1. The molecular weight excluding hydrogens is 308 g/mol. The molecule has 1 rings (SSSR count). The second-order valence-corrected chi connectivity index (χ2v) is 5.43. The summed E-state index contributed by atoms with van der Waals surface area (Å²) in [5.74, 6) is 0. The Bertz CT molecular complexity index is 380. The van der Waals surface area contributed by atoms with E-state index in [0.717, 1.165) is 41.9 Å². The van der Waals surface area contributed by atoms with Gasteiger partial charge in [-0.05, 0) is 42.1 Å². The fourth-order valence-corrected chi connectivity index (χ4v) is 2.73. The fraction of sp³-hybridized carbons (Fsp3) is 0.786. The Hall–Kier alpha value is -0.390. The van der Waals surface area contributed by atoms with Gasteiger partial charge in [-0.1, -0.05) is 13.8 Å². The highest BCUT2D eigenvalue weighted by Gasteiger charge is 2.17. The lowest BCUT2D eigenvalue weighted by atomic mass is 10.1. The van der Waals surface area contributed by atoms with Crippen molar-refractivity contribution < 1.29 is 9.84 Å². The predicted molar refractivity (Wildman–Crippen MR) is 80.4 cm³/mol. The zero-order chi connectivity index (χ0) is 14.3. The van der Waals surface area contributed by atoms with Crippen molar-refractivity contribution in [3.05, 3.63) is 15.9 Å². The minimum absolute atomic E-state index is 0.375. The van der Waals surface area contributed by atoms with Crippen molar-refractivity contribution in [1.82, 2.24) is 9.78 Å². The second kappa shape index (κ2) is 8.72. The Kier molecular flexibility index (Phi) is 7.64. The van der Waals surface area contributed by atoms with Crippen LogP contribution in [0, 0.1) is 0 Å². The summed E-state index contributed by atoms with van der Waals surface area (Å²) in [6, 6.07) is 0. The third-order valence-corrected chi connectivity index (χ3v) is 3.98. The monoisotopic (exact) mass is 332 g/mol. The van der Waals surface area contributed by atoms with E-state index in [4.69, 9.17) is 4.74 Å². The Morgan fingerprint density at radius 3 is 2.63 bits per heavy atom. The summed E-state index contributed by atoms with van der Waals surface area (Å²) >= 11 is 3.60. The van der Waals surface area contributed by atoms with Crippen LogP contribution in [0.3, 0.4) is 0 Å². The van der Waals surface area contributed by atoms with Crippen LogP contribution in [0.4, 0.5) is 0 Å². The minimum Gasteiger partial charge on any atom is -0.393 e. The van der Waals surface area contributed by atoms with E-state index in [1.807, 2.05) is 4.68 Å². The number of ether oxygens (including phenoxy) is 1. The summed E-state index contributed by atoms with van der Waals surface area (Å²) in [5.41, 5.74) is 2.15. The van der Waals surface area contributed by atoms with Gasteiger partial charge in [0.05, 0.1) is 22.0 Å². The highest BCUT2D eigenvalue weighted by atomic mass is 79.9. The molecule has 19 heavy (non-hydrogen) atoms. The molecule has 1 unspecified atom stereocenters. The molecule has 110 valence electrons. The van der Waals surface area contributed by atoms with Gasteiger partial charge in [0, 0.05) is 26.2 Å². The van der Waals surface area contributed by atoms with Crippen molar-refractivity contribution in [2.45, 2.75) is 59.1 Å². The Morgan fingerprint density at radius 2 is 2.05 bits per heavy atom. The lowest BCUT2D eigenvalue weighted by molar-refractivity contribution is 0.0814. The minimum atomic E-state index is -0.375. The van der Waals surface area contributed by atoms with Crippen molar-refractivity contribution in [1.29, 1.82) is 0 Å². The van der Waals surface area contributed by atoms with Crippen LogP contribution in [0.2, 0.25) is 0 Å². The first-order valence-electron chi connectivity index (χ1n) is 7.13. The number of hydrogen-bond donors (Lipinski definition) is 1. The van der Waals surface area contributed by atoms with Crippen molar-refractivity contribution in [3.8, 4) is 0 Å². The standard InChI is InChI=1S/C14H25BrN2O2/c1-4-8-19-9-7-11(18)10-13-14(15)12(5-2)16-17(13)6-3/h11,18H,4-10H2,1-3H3. The topological polar surface area (TPSA) is 47.3 Å². The van der Waals surface area contributed by atoms with E-state index < -0.39 is 0 Å². The molecule has 0 radical (unpaired) electrons. The zero-order valence-corrected chi connectivity index (χ0v) is 13.7. The van der Waals surface area contributed by atoms with Gasteiger partial charge >= 0.3 is 0 Å². The molecular formula is C14H25BrN2O2. The van der Waals surface area contributed by atoms with Gasteiger partial charge in [0.15, 0.2) is 0 Å². The predicted octanol–water partition coefficient (Wildman–Crippen LogP) is 2.95. The molecule has 1 aromatic rings. The van der Waals surface area contributed by atoms with Gasteiger partial charge < -0.3 is 9.84 Å². The van der Waals surface area contributed by atoms with Crippen LogP contribution in [0.1, 0.15) is 45.0 Å². The third kappa shape index (κ3) is 4.89. The summed E-state index contributed by atoms with van der Waals surface area (Å²) in [6.07, 6.45) is 2.83. The lowest BCUT2D eigenvalue weighted by Crippen LogP contribution is -2.17. The fourth-order valence-electron chi connectivity index (χ4n) is 2.00. The van der Waals surface area contributed by atoms with Crippen LogP contribution in [0.15, 0.2) is 4.47 Å². The Balaban J connectivity index is 2.57. The highest BCUT2D eigenvalue weighted by molar-refractivity contribution is 9.10. The van der Waals surface area contributed by atoms with E-state index in [1.54, 1.807) is 0 Å². The lowest BCUT2D eigenvalue weighted by Gasteiger charge is -2.12. The van der Waals surface area contributed by atoms with E-state index >= 15 is 0 Å². The van der Waals surface area contributed by atoms with E-state index in [2.05, 4.69) is 41.8 Å². The van der Waals surface area contributed by atoms with E-state index in [0.29, 0.717) is 19.4 Å². The van der Waals surface area contributed by atoms with Crippen LogP contribution in [-0.4, -0.2) is 34.2 Å². The first-order valence-corrected chi connectivity index (χ1v) is 7.93. The molecule has 0 aliphatic rings. The first-order chi connectivity index (χ1) is 9.13. The summed E-state index contributed by atoms with van der Waals surface area (Å²) in [7, 11) is 0. The van der Waals surface area contributed by atoms with E-state index in [1.165, 1.54) is 0 Å². The molecule has 4 nitrogen and oxygen atoms in total. The van der Waals surface area contributed by atoms with Gasteiger partial charge in [0.25, 0.3) is 0 Å². The molecule has 1 aromatic heterocycles. The van der Waals surface area contributed by atoms with Crippen molar-refractivity contribution in [2.24, 2.45) is 0 Å². The maximum absolute atomic E-state index is 10.1. The molecule has 0 aliphatic carbocycles. The summed E-state index contributed by atoms with van der Waals surface area (Å²) in [6.45, 7) is 8.45. The normalized spacial score (nSPS) is 12.9. The average molecular weight is 333 g/mol. The van der Waals surface area contributed by atoms with Gasteiger partial charge in [0.1, 0.15) is 0 Å². The molecule has 0 amide bonds. The summed E-state index contributed by atoms with van der Waals surface area (Å²) < 4.78 is 8.43. The Labute approximate surface area is 124 Å². The third-order valence-electron chi connectivity index (χ3n) is 3.07. The van der Waals surface area contributed by atoms with E-state index in [9.17, 15) is 5.11 Å². The molecule has 0 aliphatic heterocycles. The number of nitrogens with zero attached hydrogens (tertiary/aromatic N) is 2. The largest absolute Gasteiger partial charge is 0.393 e. The number of rotatable bonds is 9. The maximum atomic E-state index is 10.1. The Morgan fingerprint density at radius 1 is 1.32 bits per heavy atom. The van der Waals surface area contributed by atoms with Crippen LogP contribution < -0.4 is 0 Å². The number of aliphatic hydroxyl groups excluding tert-OH is 1. The SMILES string of the molecule is CCCOCCC(O)Cc1c(Br)c(CC)nn1CC. The number of hydrogen-bond acceptors (Lipinski definition) is 3. The quantitative estimate of drug-likeness (QED) is 0.707. The van der Waals surface area contributed by atoms with Crippen LogP contribution in [0.5, 0.6) is 0 Å². The first kappa shape index (κ1) is 16.7. The average Bonchev–Trinajstić information content (AvgIpc) is 2.71. The number of aryl methyl sites for hydroxylation is 2. The van der Waals surface area contributed by atoms with Crippen molar-refractivity contribution >= 4 is 15.9 Å². The molecule has 0 aromatic carbocycles. The van der Waals surface area contributed by atoms with Gasteiger partial charge in [-0.25, -0.2) is 0 Å². The molecule has 0 saturated carbocycles. The second-order valence-electron chi connectivity index (χ2n) is 4.64. The smallest absolute Gasteiger partial charge is 0.0766 e. The van der Waals surface area contributed by atoms with Crippen molar-refractivity contribution in [3.63, 3.8) is 0 Å². The highest BCUT2D eigenvalue weighted by Crippen LogP contribution is 2.24. The molecule has 0 saturated heterocycles. The van der Waals surface area contributed by atoms with Gasteiger partial charge in [-0.3, -0.25) is 4.68 Å². The molecule has 5 heteroatoms. The van der Waals surface area contributed by atoms with Crippen LogP contribution >= 0.6 is 15.9 Å². The molecule has 1 heterocycles. The zero-order valence-electron chi connectivity index (χ0n) is 12.2. The summed E-state index contributed by atoms with van der Waals surface area (Å²) in [5, 5.41) is 14.6. The number of halogens is 1. The molecule has 0 bridgehead atoms. The summed E-state index contributed by atoms with van der Waals surface area (Å²) in [4.78, 5) is 0. The molecule has 0 fully saturated rings. The van der Waals surface area contributed by atoms with Gasteiger partial charge in [-0.2, -0.15) is 5.10 Å². The van der Waals surface area contributed by atoms with Crippen LogP contribution in [-0.2, 0) is 24.1 Å². The number of aromatic nitrogens is 2. The molecule has 1 N–H and O–H groups in total. The molecule has 0 spiro atoms.